The highest BCUT2D eigenvalue weighted by atomic mass is 79.9. The third kappa shape index (κ3) is 3.23. The molecule has 1 aromatic heterocycles. The molecule has 0 saturated heterocycles. The molecule has 2 aromatic rings. The Labute approximate surface area is 128 Å². The van der Waals surface area contributed by atoms with Crippen LogP contribution in [0.25, 0.3) is 0 Å². The summed E-state index contributed by atoms with van der Waals surface area (Å²) in [5.74, 6) is 6.59. The van der Waals surface area contributed by atoms with E-state index in [9.17, 15) is 0 Å². The lowest BCUT2D eigenvalue weighted by atomic mass is 10.1. The number of aromatic nitrogens is 2. The van der Waals surface area contributed by atoms with Crippen LogP contribution in [0.5, 0.6) is 0 Å². The van der Waals surface area contributed by atoms with Crippen molar-refractivity contribution < 1.29 is 0 Å². The van der Waals surface area contributed by atoms with Gasteiger partial charge in [-0.3, -0.25) is 0 Å². The molecule has 4 N–H and O–H groups in total. The maximum Gasteiger partial charge on any atom is 0.159 e. The molecule has 0 saturated carbocycles. The molecule has 5 nitrogen and oxygen atoms in total. The van der Waals surface area contributed by atoms with Gasteiger partial charge < -0.3 is 10.7 Å². The lowest BCUT2D eigenvalue weighted by molar-refractivity contribution is 1.11. The van der Waals surface area contributed by atoms with Gasteiger partial charge in [-0.2, -0.15) is 0 Å². The molecule has 0 aliphatic carbocycles. The predicted octanol–water partition coefficient (Wildman–Crippen LogP) is 3.59. The van der Waals surface area contributed by atoms with Crippen LogP contribution in [0.3, 0.4) is 0 Å². The quantitative estimate of drug-likeness (QED) is 0.552. The molecule has 0 aliphatic heterocycles. The van der Waals surface area contributed by atoms with E-state index in [2.05, 4.69) is 65.6 Å². The third-order valence-corrected chi connectivity index (χ3v) is 3.87. The number of rotatable bonds is 4. The second-order valence-corrected chi connectivity index (χ2v) is 5.52. The lowest BCUT2D eigenvalue weighted by Gasteiger charge is -2.13. The summed E-state index contributed by atoms with van der Waals surface area (Å²) in [6.45, 7) is 2.11. The fourth-order valence-corrected chi connectivity index (χ4v) is 2.49. The largest absolute Gasteiger partial charge is 0.339 e. The molecule has 0 atom stereocenters. The molecule has 100 valence electrons. The molecule has 0 radical (unpaired) electrons. The van der Waals surface area contributed by atoms with Crippen LogP contribution in [0.1, 0.15) is 12.5 Å². The first-order chi connectivity index (χ1) is 9.15. The first kappa shape index (κ1) is 14.2. The van der Waals surface area contributed by atoms with Gasteiger partial charge in [-0.15, -0.1) is 0 Å². The molecule has 0 unspecified atom stereocenters. The number of hydrazine groups is 1. The summed E-state index contributed by atoms with van der Waals surface area (Å²) in [6, 6.07) is 6.07. The topological polar surface area (TPSA) is 75.9 Å². The first-order valence-corrected chi connectivity index (χ1v) is 7.26. The van der Waals surface area contributed by atoms with Crippen molar-refractivity contribution >= 4 is 49.2 Å². The SMILES string of the molecule is CCc1cc(Br)ccc1Nc1ncnc(NN)c1Br. The van der Waals surface area contributed by atoms with Gasteiger partial charge in [0.05, 0.1) is 0 Å². The molecule has 1 heterocycles. The highest BCUT2D eigenvalue weighted by Gasteiger charge is 2.09. The van der Waals surface area contributed by atoms with E-state index in [-0.39, 0.29) is 0 Å². The van der Waals surface area contributed by atoms with Crippen molar-refractivity contribution in [2.45, 2.75) is 13.3 Å². The highest BCUT2D eigenvalue weighted by Crippen LogP contribution is 2.30. The van der Waals surface area contributed by atoms with Crippen LogP contribution in [0.4, 0.5) is 17.3 Å². The van der Waals surface area contributed by atoms with E-state index in [4.69, 9.17) is 5.84 Å². The van der Waals surface area contributed by atoms with Crippen LogP contribution in [0, 0.1) is 0 Å². The number of nitrogen functional groups attached to an aromatic ring is 1. The van der Waals surface area contributed by atoms with E-state index in [1.165, 1.54) is 11.9 Å². The van der Waals surface area contributed by atoms with Gasteiger partial charge in [-0.05, 0) is 46.1 Å². The number of nitrogens with zero attached hydrogens (tertiary/aromatic N) is 2. The van der Waals surface area contributed by atoms with Gasteiger partial charge in [0, 0.05) is 10.2 Å². The molecule has 1 aromatic carbocycles. The minimum atomic E-state index is 0.535. The van der Waals surface area contributed by atoms with Crippen molar-refractivity contribution in [2.24, 2.45) is 5.84 Å². The minimum Gasteiger partial charge on any atom is -0.339 e. The summed E-state index contributed by atoms with van der Waals surface area (Å²) in [7, 11) is 0. The highest BCUT2D eigenvalue weighted by molar-refractivity contribution is 9.11. The standard InChI is InChI=1S/C12H13Br2N5/c1-2-7-5-8(13)3-4-9(7)18-11-10(14)12(19-15)17-6-16-11/h3-6H,2,15H2,1H3,(H2,16,17,18,19). The number of anilines is 3. The maximum atomic E-state index is 5.38. The summed E-state index contributed by atoms with van der Waals surface area (Å²) >= 11 is 6.89. The van der Waals surface area contributed by atoms with Crippen LogP contribution >= 0.6 is 31.9 Å². The summed E-state index contributed by atoms with van der Waals surface area (Å²) in [6.07, 6.45) is 2.37. The van der Waals surface area contributed by atoms with Gasteiger partial charge in [0.25, 0.3) is 0 Å². The van der Waals surface area contributed by atoms with Crippen LogP contribution in [-0.2, 0) is 6.42 Å². The van der Waals surface area contributed by atoms with Crippen molar-refractivity contribution in [1.29, 1.82) is 0 Å². The first-order valence-electron chi connectivity index (χ1n) is 5.68. The predicted molar refractivity (Wildman–Crippen MR) is 84.3 cm³/mol. The molecule has 7 heteroatoms. The van der Waals surface area contributed by atoms with Crippen molar-refractivity contribution in [3.05, 3.63) is 39.0 Å². The van der Waals surface area contributed by atoms with E-state index in [1.807, 2.05) is 12.1 Å². The Hall–Kier alpha value is -1.18. The molecule has 19 heavy (non-hydrogen) atoms. The zero-order valence-corrected chi connectivity index (χ0v) is 13.4. The van der Waals surface area contributed by atoms with Crippen LogP contribution in [0.15, 0.2) is 33.5 Å². The number of benzene rings is 1. The Kier molecular flexibility index (Phi) is 4.73. The number of nitrogens with two attached hydrogens (primary N) is 1. The monoisotopic (exact) mass is 385 g/mol. The molecular formula is C12H13Br2N5. The van der Waals surface area contributed by atoms with E-state index in [1.54, 1.807) is 0 Å². The van der Waals surface area contributed by atoms with Crippen LogP contribution in [0.2, 0.25) is 0 Å². The van der Waals surface area contributed by atoms with Gasteiger partial charge in [0.1, 0.15) is 16.6 Å². The van der Waals surface area contributed by atoms with Gasteiger partial charge in [0.2, 0.25) is 0 Å². The Morgan fingerprint density at radius 3 is 2.63 bits per heavy atom. The fourth-order valence-electron chi connectivity index (χ4n) is 1.66. The normalized spacial score (nSPS) is 10.3. The molecule has 0 fully saturated rings. The lowest BCUT2D eigenvalue weighted by Crippen LogP contribution is -2.10. The van der Waals surface area contributed by atoms with E-state index >= 15 is 0 Å². The number of hydrogen-bond donors (Lipinski definition) is 3. The number of hydrogen-bond acceptors (Lipinski definition) is 5. The Morgan fingerprint density at radius 2 is 1.95 bits per heavy atom. The molecular weight excluding hydrogens is 374 g/mol. The molecule has 2 rings (SSSR count). The summed E-state index contributed by atoms with van der Waals surface area (Å²) in [5, 5.41) is 3.28. The smallest absolute Gasteiger partial charge is 0.159 e. The molecule has 0 amide bonds. The summed E-state index contributed by atoms with van der Waals surface area (Å²) in [5.41, 5.74) is 4.72. The summed E-state index contributed by atoms with van der Waals surface area (Å²) < 4.78 is 1.75. The van der Waals surface area contributed by atoms with Gasteiger partial charge in [-0.1, -0.05) is 22.9 Å². The van der Waals surface area contributed by atoms with E-state index in [0.717, 1.165) is 16.6 Å². The van der Waals surface area contributed by atoms with Gasteiger partial charge in [0.15, 0.2) is 5.82 Å². The van der Waals surface area contributed by atoms with Crippen molar-refractivity contribution in [2.75, 3.05) is 10.7 Å². The number of nitrogens with one attached hydrogen (secondary N) is 2. The maximum absolute atomic E-state index is 5.38. The van der Waals surface area contributed by atoms with Crippen molar-refractivity contribution in [3.8, 4) is 0 Å². The van der Waals surface area contributed by atoms with E-state index < -0.39 is 0 Å². The Balaban J connectivity index is 2.36. The average Bonchev–Trinajstić information content (AvgIpc) is 2.42. The number of aryl methyl sites for hydroxylation is 1. The minimum absolute atomic E-state index is 0.535. The fraction of sp³-hybridized carbons (Fsp3) is 0.167. The van der Waals surface area contributed by atoms with Crippen molar-refractivity contribution in [3.63, 3.8) is 0 Å². The Morgan fingerprint density at radius 1 is 1.21 bits per heavy atom. The molecule has 0 aliphatic rings. The summed E-state index contributed by atoms with van der Waals surface area (Å²) in [4.78, 5) is 8.22. The zero-order valence-electron chi connectivity index (χ0n) is 10.2. The van der Waals surface area contributed by atoms with Gasteiger partial charge >= 0.3 is 0 Å². The molecule has 0 bridgehead atoms. The average molecular weight is 387 g/mol. The Bertz CT molecular complexity index is 588. The second kappa shape index (κ2) is 6.31. The van der Waals surface area contributed by atoms with Crippen molar-refractivity contribution in [1.82, 2.24) is 9.97 Å². The van der Waals surface area contributed by atoms with E-state index in [0.29, 0.717) is 16.1 Å². The zero-order chi connectivity index (χ0) is 13.8. The number of halogens is 2. The van der Waals surface area contributed by atoms with Crippen LogP contribution < -0.4 is 16.6 Å². The third-order valence-electron chi connectivity index (χ3n) is 2.63. The second-order valence-electron chi connectivity index (χ2n) is 3.81. The van der Waals surface area contributed by atoms with Crippen LogP contribution in [-0.4, -0.2) is 9.97 Å². The molecule has 0 spiro atoms. The van der Waals surface area contributed by atoms with Gasteiger partial charge in [-0.25, -0.2) is 15.8 Å².